The van der Waals surface area contributed by atoms with Gasteiger partial charge in [0, 0.05) is 6.04 Å². The minimum absolute atomic E-state index is 0.0111. The molecule has 0 radical (unpaired) electrons. The SMILES string of the molecule is C[C@@H](Oc1ccc(-c2ccccc2)cc1)C(=O)N[C@@H]1CCS(=O)(=O)C1. The van der Waals surface area contributed by atoms with Crippen molar-refractivity contribution in [3.05, 3.63) is 54.6 Å². The van der Waals surface area contributed by atoms with Gasteiger partial charge in [0.1, 0.15) is 5.75 Å². The summed E-state index contributed by atoms with van der Waals surface area (Å²) in [4.78, 5) is 12.2. The van der Waals surface area contributed by atoms with Crippen LogP contribution < -0.4 is 10.1 Å². The lowest BCUT2D eigenvalue weighted by Gasteiger charge is -2.17. The molecule has 5 nitrogen and oxygen atoms in total. The normalized spacial score (nSPS) is 20.0. The molecule has 0 bridgehead atoms. The molecule has 132 valence electrons. The van der Waals surface area contributed by atoms with Crippen LogP contribution in [0.15, 0.2) is 54.6 Å². The number of sulfone groups is 1. The van der Waals surface area contributed by atoms with Gasteiger partial charge in [-0.3, -0.25) is 4.79 Å². The van der Waals surface area contributed by atoms with Crippen molar-refractivity contribution in [3.63, 3.8) is 0 Å². The number of ether oxygens (including phenoxy) is 1. The van der Waals surface area contributed by atoms with E-state index in [0.29, 0.717) is 12.2 Å². The maximum absolute atomic E-state index is 12.2. The molecule has 0 spiro atoms. The van der Waals surface area contributed by atoms with Crippen molar-refractivity contribution in [1.82, 2.24) is 5.32 Å². The lowest BCUT2D eigenvalue weighted by Crippen LogP contribution is -2.43. The van der Waals surface area contributed by atoms with Crippen molar-refractivity contribution in [2.75, 3.05) is 11.5 Å². The fraction of sp³-hybridized carbons (Fsp3) is 0.316. The van der Waals surface area contributed by atoms with Crippen LogP contribution in [0.25, 0.3) is 11.1 Å². The second-order valence-electron chi connectivity index (χ2n) is 6.26. The van der Waals surface area contributed by atoms with Crippen molar-refractivity contribution in [2.45, 2.75) is 25.5 Å². The van der Waals surface area contributed by atoms with Gasteiger partial charge in [0.15, 0.2) is 15.9 Å². The van der Waals surface area contributed by atoms with Crippen LogP contribution >= 0.6 is 0 Å². The van der Waals surface area contributed by atoms with Crippen molar-refractivity contribution < 1.29 is 17.9 Å². The van der Waals surface area contributed by atoms with Crippen LogP contribution in [0.4, 0.5) is 0 Å². The molecular weight excluding hydrogens is 338 g/mol. The molecule has 0 saturated carbocycles. The summed E-state index contributed by atoms with van der Waals surface area (Å²) in [6, 6.07) is 17.2. The van der Waals surface area contributed by atoms with E-state index in [2.05, 4.69) is 5.32 Å². The van der Waals surface area contributed by atoms with Gasteiger partial charge in [0.2, 0.25) is 0 Å². The largest absolute Gasteiger partial charge is 0.481 e. The average molecular weight is 359 g/mol. The van der Waals surface area contributed by atoms with E-state index >= 15 is 0 Å². The number of hydrogen-bond acceptors (Lipinski definition) is 4. The monoisotopic (exact) mass is 359 g/mol. The number of amides is 1. The highest BCUT2D eigenvalue weighted by Crippen LogP contribution is 2.22. The second kappa shape index (κ2) is 7.27. The molecule has 1 aliphatic heterocycles. The molecule has 1 aliphatic rings. The Morgan fingerprint density at radius 3 is 2.32 bits per heavy atom. The van der Waals surface area contributed by atoms with Crippen LogP contribution in [-0.2, 0) is 14.6 Å². The van der Waals surface area contributed by atoms with Crippen LogP contribution in [0.2, 0.25) is 0 Å². The van der Waals surface area contributed by atoms with E-state index in [1.165, 1.54) is 0 Å². The number of hydrogen-bond donors (Lipinski definition) is 1. The quantitative estimate of drug-likeness (QED) is 0.890. The summed E-state index contributed by atoms with van der Waals surface area (Å²) in [7, 11) is -3.01. The van der Waals surface area contributed by atoms with Gasteiger partial charge in [0.05, 0.1) is 11.5 Å². The molecular formula is C19H21NO4S. The van der Waals surface area contributed by atoms with E-state index in [0.717, 1.165) is 11.1 Å². The summed E-state index contributed by atoms with van der Waals surface area (Å²) in [5.74, 6) is 0.446. The first-order chi connectivity index (χ1) is 11.9. The number of carbonyl (C=O) groups is 1. The lowest BCUT2D eigenvalue weighted by molar-refractivity contribution is -0.127. The number of carbonyl (C=O) groups excluding carboxylic acids is 1. The Morgan fingerprint density at radius 1 is 1.08 bits per heavy atom. The third kappa shape index (κ3) is 4.60. The minimum atomic E-state index is -3.01. The van der Waals surface area contributed by atoms with E-state index in [1.807, 2.05) is 54.6 Å². The Labute approximate surface area is 147 Å². The molecule has 25 heavy (non-hydrogen) atoms. The molecule has 0 aliphatic carbocycles. The van der Waals surface area contributed by atoms with Crippen LogP contribution in [0.5, 0.6) is 5.75 Å². The smallest absolute Gasteiger partial charge is 0.261 e. The predicted octanol–water partition coefficient (Wildman–Crippen LogP) is 2.42. The van der Waals surface area contributed by atoms with E-state index in [1.54, 1.807) is 6.92 Å². The highest BCUT2D eigenvalue weighted by molar-refractivity contribution is 7.91. The summed E-state index contributed by atoms with van der Waals surface area (Å²) in [6.07, 6.45) is -0.224. The predicted molar refractivity (Wildman–Crippen MR) is 97.2 cm³/mol. The molecule has 0 aromatic heterocycles. The summed E-state index contributed by atoms with van der Waals surface area (Å²) in [5.41, 5.74) is 2.18. The Kier molecular flexibility index (Phi) is 5.08. The van der Waals surface area contributed by atoms with E-state index < -0.39 is 15.9 Å². The summed E-state index contributed by atoms with van der Waals surface area (Å²) in [5, 5.41) is 2.75. The molecule has 1 saturated heterocycles. The van der Waals surface area contributed by atoms with Crippen LogP contribution in [0.3, 0.4) is 0 Å². The second-order valence-corrected chi connectivity index (χ2v) is 8.49. The fourth-order valence-electron chi connectivity index (χ4n) is 2.84. The first-order valence-corrected chi connectivity index (χ1v) is 10.1. The molecule has 6 heteroatoms. The molecule has 2 aromatic rings. The minimum Gasteiger partial charge on any atom is -0.481 e. The first-order valence-electron chi connectivity index (χ1n) is 8.26. The third-order valence-electron chi connectivity index (χ3n) is 4.22. The Morgan fingerprint density at radius 2 is 1.72 bits per heavy atom. The summed E-state index contributed by atoms with van der Waals surface area (Å²) < 4.78 is 28.6. The van der Waals surface area contributed by atoms with Gasteiger partial charge < -0.3 is 10.1 Å². The highest BCUT2D eigenvalue weighted by atomic mass is 32.2. The van der Waals surface area contributed by atoms with Gasteiger partial charge in [-0.1, -0.05) is 42.5 Å². The van der Waals surface area contributed by atoms with Crippen molar-refractivity contribution in [3.8, 4) is 16.9 Å². The Hall–Kier alpha value is -2.34. The van der Waals surface area contributed by atoms with Crippen molar-refractivity contribution >= 4 is 15.7 Å². The number of benzene rings is 2. The molecule has 1 amide bonds. The number of nitrogens with one attached hydrogen (secondary N) is 1. The molecule has 0 unspecified atom stereocenters. The number of rotatable bonds is 5. The van der Waals surface area contributed by atoms with Gasteiger partial charge in [-0.2, -0.15) is 0 Å². The topological polar surface area (TPSA) is 72.5 Å². The van der Waals surface area contributed by atoms with Crippen LogP contribution in [0, 0.1) is 0 Å². The molecule has 3 rings (SSSR count). The molecule has 1 fully saturated rings. The lowest BCUT2D eigenvalue weighted by atomic mass is 10.1. The van der Waals surface area contributed by atoms with E-state index in [-0.39, 0.29) is 23.5 Å². The summed E-state index contributed by atoms with van der Waals surface area (Å²) in [6.45, 7) is 1.66. The van der Waals surface area contributed by atoms with Gasteiger partial charge >= 0.3 is 0 Å². The molecule has 2 aromatic carbocycles. The van der Waals surface area contributed by atoms with Gasteiger partial charge in [-0.25, -0.2) is 8.42 Å². The van der Waals surface area contributed by atoms with Gasteiger partial charge in [0.25, 0.3) is 5.91 Å². The third-order valence-corrected chi connectivity index (χ3v) is 5.99. The fourth-order valence-corrected chi connectivity index (χ4v) is 4.51. The Balaban J connectivity index is 1.57. The van der Waals surface area contributed by atoms with E-state index in [9.17, 15) is 13.2 Å². The average Bonchev–Trinajstić information content (AvgIpc) is 2.95. The molecule has 2 atom stereocenters. The van der Waals surface area contributed by atoms with Gasteiger partial charge in [-0.05, 0) is 36.6 Å². The van der Waals surface area contributed by atoms with Crippen molar-refractivity contribution in [1.29, 1.82) is 0 Å². The standard InChI is InChI=1S/C19H21NO4S/c1-14(19(21)20-17-11-12-25(22,23)13-17)24-18-9-7-16(8-10-18)15-5-3-2-4-6-15/h2-10,14,17H,11-13H2,1H3,(H,20,21)/t14-,17-/m1/s1. The maximum Gasteiger partial charge on any atom is 0.261 e. The maximum atomic E-state index is 12.2. The van der Waals surface area contributed by atoms with Crippen LogP contribution in [-0.4, -0.2) is 38.0 Å². The zero-order chi connectivity index (χ0) is 17.9. The highest BCUT2D eigenvalue weighted by Gasteiger charge is 2.30. The zero-order valence-corrected chi connectivity index (χ0v) is 14.8. The van der Waals surface area contributed by atoms with Crippen LogP contribution in [0.1, 0.15) is 13.3 Å². The first kappa shape index (κ1) is 17.5. The Bertz CT molecular complexity index is 831. The van der Waals surface area contributed by atoms with Crippen molar-refractivity contribution in [2.24, 2.45) is 0 Å². The zero-order valence-electron chi connectivity index (χ0n) is 14.0. The summed E-state index contributed by atoms with van der Waals surface area (Å²) >= 11 is 0. The molecule has 1 N–H and O–H groups in total. The van der Waals surface area contributed by atoms with E-state index in [4.69, 9.17) is 4.74 Å². The van der Waals surface area contributed by atoms with Gasteiger partial charge in [-0.15, -0.1) is 0 Å². The molecule has 1 heterocycles.